The van der Waals surface area contributed by atoms with Crippen molar-refractivity contribution >= 4 is 22.7 Å². The predicted octanol–water partition coefficient (Wildman–Crippen LogP) is 1.99. The molecular weight excluding hydrogens is 384 g/mol. The second-order valence-corrected chi connectivity index (χ2v) is 7.19. The summed E-state index contributed by atoms with van der Waals surface area (Å²) in [6.07, 6.45) is 3.38. The van der Waals surface area contributed by atoms with Gasteiger partial charge in [-0.15, -0.1) is 0 Å². The summed E-state index contributed by atoms with van der Waals surface area (Å²) in [5, 5.41) is 3.79. The lowest BCUT2D eigenvalue weighted by Crippen LogP contribution is -2.46. The quantitative estimate of drug-likeness (QED) is 0.583. The summed E-state index contributed by atoms with van der Waals surface area (Å²) in [7, 11) is 1.57. The molecule has 2 amide bonds. The van der Waals surface area contributed by atoms with Crippen LogP contribution in [0.15, 0.2) is 54.9 Å². The molecule has 3 heterocycles. The Morgan fingerprint density at radius 2 is 2.13 bits per heavy atom. The number of rotatable bonds is 7. The molecule has 3 aromatic rings. The van der Waals surface area contributed by atoms with Crippen molar-refractivity contribution in [2.75, 3.05) is 26.8 Å². The molecule has 0 aliphatic carbocycles. The maximum absolute atomic E-state index is 13.3. The van der Waals surface area contributed by atoms with Crippen LogP contribution in [0.3, 0.4) is 0 Å². The van der Waals surface area contributed by atoms with Crippen LogP contribution in [0.2, 0.25) is 0 Å². The third-order valence-electron chi connectivity index (χ3n) is 5.13. The summed E-state index contributed by atoms with van der Waals surface area (Å²) in [5.41, 5.74) is 1.33. The number of nitrogens with zero attached hydrogens (tertiary/aromatic N) is 2. The first kappa shape index (κ1) is 19.9. The van der Waals surface area contributed by atoms with E-state index in [1.165, 1.54) is 0 Å². The van der Waals surface area contributed by atoms with E-state index in [0.29, 0.717) is 37.6 Å². The zero-order chi connectivity index (χ0) is 20.9. The molecule has 4 rings (SSSR count). The van der Waals surface area contributed by atoms with E-state index in [0.717, 1.165) is 10.9 Å². The van der Waals surface area contributed by atoms with Crippen LogP contribution in [0.4, 0.5) is 0 Å². The average molecular weight is 408 g/mol. The zero-order valence-corrected chi connectivity index (χ0v) is 16.7. The van der Waals surface area contributed by atoms with Gasteiger partial charge in [0.1, 0.15) is 23.6 Å². The maximum Gasteiger partial charge on any atom is 0.271 e. The van der Waals surface area contributed by atoms with Gasteiger partial charge in [-0.05, 0) is 24.3 Å². The molecular formula is C22H24N4O4. The van der Waals surface area contributed by atoms with E-state index < -0.39 is 6.04 Å². The lowest BCUT2D eigenvalue weighted by atomic mass is 10.1. The van der Waals surface area contributed by atoms with E-state index in [1.54, 1.807) is 30.5 Å². The topological polar surface area (TPSA) is 96.6 Å². The van der Waals surface area contributed by atoms with Crippen molar-refractivity contribution in [1.82, 2.24) is 20.2 Å². The van der Waals surface area contributed by atoms with Crippen LogP contribution in [0.5, 0.6) is 5.75 Å². The molecule has 2 aromatic heterocycles. The van der Waals surface area contributed by atoms with Crippen molar-refractivity contribution < 1.29 is 19.1 Å². The fraction of sp³-hybridized carbons (Fsp3) is 0.318. The summed E-state index contributed by atoms with van der Waals surface area (Å²) in [6, 6.07) is 12.5. The summed E-state index contributed by atoms with van der Waals surface area (Å²) >= 11 is 0. The molecule has 2 atom stereocenters. The first-order chi connectivity index (χ1) is 14.7. The molecule has 30 heavy (non-hydrogen) atoms. The first-order valence-corrected chi connectivity index (χ1v) is 9.88. The summed E-state index contributed by atoms with van der Waals surface area (Å²) in [5.74, 6) is 0.171. The molecule has 1 fully saturated rings. The number of methoxy groups -OCH3 is 1. The smallest absolute Gasteiger partial charge is 0.271 e. The normalized spacial score (nSPS) is 18.5. The van der Waals surface area contributed by atoms with Crippen LogP contribution < -0.4 is 10.1 Å². The highest BCUT2D eigenvalue weighted by atomic mass is 16.5. The van der Waals surface area contributed by atoms with Crippen molar-refractivity contribution in [3.8, 4) is 5.75 Å². The molecule has 2 N–H and O–H groups in total. The minimum Gasteiger partial charge on any atom is -0.487 e. The lowest BCUT2D eigenvalue weighted by molar-refractivity contribution is -0.125. The van der Waals surface area contributed by atoms with Gasteiger partial charge in [0.2, 0.25) is 5.91 Å². The highest BCUT2D eigenvalue weighted by Crippen LogP contribution is 2.26. The van der Waals surface area contributed by atoms with Gasteiger partial charge in [0.05, 0.1) is 19.3 Å². The average Bonchev–Trinajstić information content (AvgIpc) is 3.38. The van der Waals surface area contributed by atoms with Gasteiger partial charge in [0.15, 0.2) is 0 Å². The number of para-hydroxylation sites is 1. The number of carbonyl (C=O) groups excluding carboxylic acids is 2. The van der Waals surface area contributed by atoms with Crippen LogP contribution >= 0.6 is 0 Å². The fourth-order valence-electron chi connectivity index (χ4n) is 3.70. The molecule has 0 bridgehead atoms. The summed E-state index contributed by atoms with van der Waals surface area (Å²) in [4.78, 5) is 34.9. The van der Waals surface area contributed by atoms with Gasteiger partial charge in [-0.25, -0.2) is 0 Å². The lowest BCUT2D eigenvalue weighted by Gasteiger charge is -2.23. The number of benzene rings is 1. The predicted molar refractivity (Wildman–Crippen MR) is 111 cm³/mol. The number of fused-ring (bicyclic) bond motifs is 1. The molecule has 0 unspecified atom stereocenters. The van der Waals surface area contributed by atoms with Gasteiger partial charge in [0.25, 0.3) is 5.91 Å². The molecule has 156 valence electrons. The minimum atomic E-state index is -0.623. The van der Waals surface area contributed by atoms with Crippen molar-refractivity contribution in [2.24, 2.45) is 0 Å². The molecule has 8 nitrogen and oxygen atoms in total. The van der Waals surface area contributed by atoms with Crippen LogP contribution in [0, 0.1) is 0 Å². The zero-order valence-electron chi connectivity index (χ0n) is 16.7. The van der Waals surface area contributed by atoms with E-state index in [2.05, 4.69) is 15.3 Å². The molecule has 8 heteroatoms. The van der Waals surface area contributed by atoms with E-state index in [4.69, 9.17) is 9.47 Å². The molecule has 0 spiro atoms. The fourth-order valence-corrected chi connectivity index (χ4v) is 3.70. The number of pyridine rings is 1. The van der Waals surface area contributed by atoms with Crippen molar-refractivity contribution in [3.05, 3.63) is 60.6 Å². The SMILES string of the molecule is COCCNC(=O)[C@@H]1C[C@H](Oc2cccnc2)CN1C(=O)c1cc2ccccc2[nH]1. The second-order valence-electron chi connectivity index (χ2n) is 7.19. The summed E-state index contributed by atoms with van der Waals surface area (Å²) < 4.78 is 11.0. The number of nitrogens with one attached hydrogen (secondary N) is 2. The number of hydrogen-bond acceptors (Lipinski definition) is 5. The first-order valence-electron chi connectivity index (χ1n) is 9.88. The molecule has 1 aliphatic heterocycles. The van der Waals surface area contributed by atoms with Gasteiger partial charge >= 0.3 is 0 Å². The Balaban J connectivity index is 1.54. The number of aromatic amines is 1. The van der Waals surface area contributed by atoms with Gasteiger partial charge in [0, 0.05) is 37.2 Å². The number of ether oxygens (including phenoxy) is 2. The molecule has 1 aliphatic rings. The van der Waals surface area contributed by atoms with Gasteiger partial charge in [-0.1, -0.05) is 18.2 Å². The maximum atomic E-state index is 13.3. The van der Waals surface area contributed by atoms with E-state index in [1.807, 2.05) is 36.4 Å². The Labute approximate surface area is 174 Å². The minimum absolute atomic E-state index is 0.214. The highest BCUT2D eigenvalue weighted by molar-refractivity contribution is 6.00. The number of aromatic nitrogens is 2. The second kappa shape index (κ2) is 8.96. The van der Waals surface area contributed by atoms with Crippen LogP contribution in [0.1, 0.15) is 16.9 Å². The van der Waals surface area contributed by atoms with Crippen LogP contribution in [-0.2, 0) is 9.53 Å². The Kier molecular flexibility index (Phi) is 5.94. The summed E-state index contributed by atoms with van der Waals surface area (Å²) in [6.45, 7) is 1.10. The molecule has 1 saturated heterocycles. The van der Waals surface area contributed by atoms with Gasteiger partial charge < -0.3 is 24.7 Å². The number of carbonyl (C=O) groups is 2. The van der Waals surface area contributed by atoms with E-state index in [-0.39, 0.29) is 17.9 Å². The largest absolute Gasteiger partial charge is 0.487 e. The number of likely N-dealkylation sites (tertiary alicyclic amines) is 1. The van der Waals surface area contributed by atoms with Gasteiger partial charge in [-0.3, -0.25) is 14.6 Å². The van der Waals surface area contributed by atoms with E-state index >= 15 is 0 Å². The highest BCUT2D eigenvalue weighted by Gasteiger charge is 2.41. The Morgan fingerprint density at radius 3 is 2.90 bits per heavy atom. The molecule has 0 radical (unpaired) electrons. The standard InChI is InChI=1S/C22H24N4O4/c1-29-10-9-24-21(27)20-12-17(30-16-6-4-8-23-13-16)14-26(20)22(28)19-11-15-5-2-3-7-18(15)25-19/h2-8,11,13,17,20,25H,9-10,12,14H2,1H3,(H,24,27)/t17-,20-/m0/s1. The van der Waals surface area contributed by atoms with Crippen molar-refractivity contribution in [2.45, 2.75) is 18.6 Å². The molecule has 1 aromatic carbocycles. The van der Waals surface area contributed by atoms with Crippen molar-refractivity contribution in [1.29, 1.82) is 0 Å². The van der Waals surface area contributed by atoms with E-state index in [9.17, 15) is 9.59 Å². The van der Waals surface area contributed by atoms with Gasteiger partial charge in [-0.2, -0.15) is 0 Å². The monoisotopic (exact) mass is 408 g/mol. The third kappa shape index (κ3) is 4.28. The third-order valence-corrected chi connectivity index (χ3v) is 5.13. The Bertz CT molecular complexity index is 987. The number of H-pyrrole nitrogens is 1. The number of amides is 2. The molecule has 0 saturated carbocycles. The van der Waals surface area contributed by atoms with Crippen molar-refractivity contribution in [3.63, 3.8) is 0 Å². The Hall–Kier alpha value is -3.39. The number of hydrogen-bond donors (Lipinski definition) is 2. The van der Waals surface area contributed by atoms with Crippen LogP contribution in [-0.4, -0.2) is 65.6 Å². The Morgan fingerprint density at radius 1 is 1.27 bits per heavy atom. The van der Waals surface area contributed by atoms with Crippen LogP contribution in [0.25, 0.3) is 10.9 Å².